The van der Waals surface area contributed by atoms with E-state index < -0.39 is 10.0 Å². The summed E-state index contributed by atoms with van der Waals surface area (Å²) in [5.41, 5.74) is 1.52. The minimum Gasteiger partial charge on any atom is -0.324 e. The second-order valence-electron chi connectivity index (χ2n) is 5.14. The Morgan fingerprint density at radius 1 is 1.08 bits per heavy atom. The van der Waals surface area contributed by atoms with Crippen molar-refractivity contribution in [1.29, 1.82) is 0 Å². The van der Waals surface area contributed by atoms with Crippen LogP contribution in [-0.2, 0) is 21.2 Å². The number of nitrogens with two attached hydrogens (primary N) is 1. The van der Waals surface area contributed by atoms with Gasteiger partial charge in [-0.25, -0.2) is 13.6 Å². The number of hydrogen-bond donors (Lipinski definition) is 3. The molecule has 0 aromatic heterocycles. The predicted molar refractivity (Wildman–Crippen MR) is 94.5 cm³/mol. The van der Waals surface area contributed by atoms with E-state index in [1.165, 1.54) is 12.1 Å². The van der Waals surface area contributed by atoms with Gasteiger partial charge >= 0.3 is 0 Å². The first-order chi connectivity index (χ1) is 11.4. The van der Waals surface area contributed by atoms with E-state index >= 15 is 0 Å². The lowest BCUT2D eigenvalue weighted by Crippen LogP contribution is -2.29. The summed E-state index contributed by atoms with van der Waals surface area (Å²) in [7, 11) is -3.67. The lowest BCUT2D eigenvalue weighted by Gasteiger charge is -2.08. The zero-order valence-corrected chi connectivity index (χ0v) is 14.4. The first-order valence-corrected chi connectivity index (χ1v) is 9.15. The summed E-state index contributed by atoms with van der Waals surface area (Å²) in [6.45, 7) is 0.727. The van der Waals surface area contributed by atoms with Crippen LogP contribution < -0.4 is 15.8 Å². The van der Waals surface area contributed by atoms with Crippen molar-refractivity contribution < 1.29 is 13.2 Å². The second-order valence-corrected chi connectivity index (χ2v) is 7.11. The number of nitrogens with one attached hydrogen (secondary N) is 2. The van der Waals surface area contributed by atoms with Crippen LogP contribution in [0, 0.1) is 0 Å². The molecule has 0 unspecified atom stereocenters. The zero-order chi connectivity index (χ0) is 17.6. The fourth-order valence-corrected chi connectivity index (χ4v) is 2.74. The maximum absolute atomic E-state index is 11.8. The molecular weight excluding hydrogens is 350 g/mol. The topological polar surface area (TPSA) is 101 Å². The summed E-state index contributed by atoms with van der Waals surface area (Å²) < 4.78 is 22.3. The van der Waals surface area contributed by atoms with E-state index in [9.17, 15) is 13.2 Å². The molecule has 0 aliphatic rings. The Bertz CT molecular complexity index is 808. The number of primary sulfonamides is 1. The van der Waals surface area contributed by atoms with Gasteiger partial charge in [0.1, 0.15) is 0 Å². The summed E-state index contributed by atoms with van der Waals surface area (Å²) in [5.74, 6) is -0.187. The number of benzene rings is 2. The summed E-state index contributed by atoms with van der Waals surface area (Å²) in [4.78, 5) is 11.9. The second kappa shape index (κ2) is 8.25. The van der Waals surface area contributed by atoms with Gasteiger partial charge in [0.2, 0.25) is 15.9 Å². The average molecular weight is 368 g/mol. The molecule has 0 aliphatic carbocycles. The summed E-state index contributed by atoms with van der Waals surface area (Å²) in [6, 6.07) is 13.3. The van der Waals surface area contributed by atoms with Gasteiger partial charge in [0, 0.05) is 0 Å². The monoisotopic (exact) mass is 367 g/mol. The molecule has 0 bridgehead atoms. The number of halogens is 1. The first kappa shape index (κ1) is 18.4. The number of rotatable bonds is 7. The van der Waals surface area contributed by atoms with Crippen LogP contribution in [0.4, 0.5) is 5.69 Å². The van der Waals surface area contributed by atoms with E-state index in [4.69, 9.17) is 16.7 Å². The van der Waals surface area contributed by atoms with E-state index in [1.54, 1.807) is 36.4 Å². The maximum Gasteiger partial charge on any atom is 0.238 e. The summed E-state index contributed by atoms with van der Waals surface area (Å²) in [5, 5.41) is 11.3. The summed E-state index contributed by atoms with van der Waals surface area (Å²) in [6.07, 6.45) is 0.657. The van der Waals surface area contributed by atoms with Crippen LogP contribution in [-0.4, -0.2) is 27.4 Å². The molecule has 1 amide bonds. The number of carbonyl (C=O) groups excluding carboxylic acids is 1. The SMILES string of the molecule is NS(=O)(=O)c1ccc(CCNCC(=O)Nc2ccccc2Cl)cc1. The lowest BCUT2D eigenvalue weighted by molar-refractivity contribution is -0.115. The van der Waals surface area contributed by atoms with Crippen molar-refractivity contribution in [1.82, 2.24) is 5.32 Å². The minimum absolute atomic E-state index is 0.0818. The molecule has 0 heterocycles. The maximum atomic E-state index is 11.8. The Morgan fingerprint density at radius 3 is 2.38 bits per heavy atom. The van der Waals surface area contributed by atoms with Crippen LogP contribution in [0.15, 0.2) is 53.4 Å². The molecular formula is C16H18ClN3O3S. The average Bonchev–Trinajstić information content (AvgIpc) is 2.53. The summed E-state index contributed by atoms with van der Waals surface area (Å²) >= 11 is 5.97. The smallest absolute Gasteiger partial charge is 0.238 e. The molecule has 8 heteroatoms. The highest BCUT2D eigenvalue weighted by Gasteiger charge is 2.07. The largest absolute Gasteiger partial charge is 0.324 e. The van der Waals surface area contributed by atoms with Gasteiger partial charge in [-0.2, -0.15) is 0 Å². The Hall–Kier alpha value is -1.93. The Balaban J connectivity index is 1.75. The highest BCUT2D eigenvalue weighted by atomic mass is 35.5. The Morgan fingerprint density at radius 2 is 1.75 bits per heavy atom. The van der Waals surface area contributed by atoms with Crippen LogP contribution in [0.5, 0.6) is 0 Å². The molecule has 2 rings (SSSR count). The van der Waals surface area contributed by atoms with Crippen molar-refractivity contribution in [3.63, 3.8) is 0 Å². The molecule has 0 saturated carbocycles. The van der Waals surface area contributed by atoms with Crippen molar-refractivity contribution in [3.8, 4) is 0 Å². The number of carbonyl (C=O) groups is 1. The fourth-order valence-electron chi connectivity index (χ4n) is 2.04. The van der Waals surface area contributed by atoms with Gasteiger partial charge in [-0.15, -0.1) is 0 Å². The zero-order valence-electron chi connectivity index (χ0n) is 12.8. The molecule has 0 radical (unpaired) electrons. The molecule has 0 atom stereocenters. The van der Waals surface area contributed by atoms with E-state index in [-0.39, 0.29) is 17.3 Å². The predicted octanol–water partition coefficient (Wildman–Crippen LogP) is 1.76. The molecule has 0 spiro atoms. The van der Waals surface area contributed by atoms with Gasteiger partial charge in [-0.1, -0.05) is 35.9 Å². The number of anilines is 1. The number of sulfonamides is 1. The van der Waals surface area contributed by atoms with Gasteiger partial charge in [0.25, 0.3) is 0 Å². The Kier molecular flexibility index (Phi) is 6.33. The molecule has 24 heavy (non-hydrogen) atoms. The molecule has 2 aromatic rings. The third-order valence-corrected chi connectivity index (χ3v) is 4.53. The van der Waals surface area contributed by atoms with Crippen LogP contribution in [0.2, 0.25) is 5.02 Å². The standard InChI is InChI=1S/C16H18ClN3O3S/c17-14-3-1-2-4-15(14)20-16(21)11-19-10-9-12-5-7-13(8-6-12)24(18,22)23/h1-8,19H,9-11H2,(H,20,21)(H2,18,22,23). The third kappa shape index (κ3) is 5.61. The van der Waals surface area contributed by atoms with Gasteiger partial charge in [-0.05, 0) is 42.8 Å². The van der Waals surface area contributed by atoms with E-state index in [1.807, 2.05) is 0 Å². The normalized spacial score (nSPS) is 11.2. The van der Waals surface area contributed by atoms with E-state index in [0.717, 1.165) is 5.56 Å². The van der Waals surface area contributed by atoms with Crippen LogP contribution >= 0.6 is 11.6 Å². The van der Waals surface area contributed by atoms with Crippen LogP contribution in [0.3, 0.4) is 0 Å². The molecule has 0 fully saturated rings. The van der Waals surface area contributed by atoms with Gasteiger partial charge in [0.15, 0.2) is 0 Å². The molecule has 6 nitrogen and oxygen atoms in total. The number of hydrogen-bond acceptors (Lipinski definition) is 4. The van der Waals surface area contributed by atoms with Crippen molar-refractivity contribution in [2.75, 3.05) is 18.4 Å². The first-order valence-electron chi connectivity index (χ1n) is 7.23. The lowest BCUT2D eigenvalue weighted by atomic mass is 10.1. The molecule has 4 N–H and O–H groups in total. The van der Waals surface area contributed by atoms with E-state index in [2.05, 4.69) is 10.6 Å². The van der Waals surface area contributed by atoms with Gasteiger partial charge in [-0.3, -0.25) is 4.79 Å². The number of para-hydroxylation sites is 1. The number of amides is 1. The van der Waals surface area contributed by atoms with Gasteiger partial charge in [0.05, 0.1) is 22.2 Å². The minimum atomic E-state index is -3.67. The highest BCUT2D eigenvalue weighted by molar-refractivity contribution is 7.89. The molecule has 0 aliphatic heterocycles. The molecule has 0 saturated heterocycles. The molecule has 128 valence electrons. The van der Waals surface area contributed by atoms with E-state index in [0.29, 0.717) is 23.7 Å². The van der Waals surface area contributed by atoms with Crippen molar-refractivity contribution in [3.05, 3.63) is 59.1 Å². The fraction of sp³-hybridized carbons (Fsp3) is 0.188. The van der Waals surface area contributed by atoms with Crippen LogP contribution in [0.25, 0.3) is 0 Å². The Labute approximate surface area is 146 Å². The van der Waals surface area contributed by atoms with Crippen molar-refractivity contribution >= 4 is 33.2 Å². The van der Waals surface area contributed by atoms with Crippen LogP contribution in [0.1, 0.15) is 5.56 Å². The third-order valence-electron chi connectivity index (χ3n) is 3.28. The molecule has 2 aromatic carbocycles. The van der Waals surface area contributed by atoms with Crippen molar-refractivity contribution in [2.45, 2.75) is 11.3 Å². The quantitative estimate of drug-likeness (QED) is 0.649. The van der Waals surface area contributed by atoms with Crippen molar-refractivity contribution in [2.24, 2.45) is 5.14 Å². The van der Waals surface area contributed by atoms with Gasteiger partial charge < -0.3 is 10.6 Å². The highest BCUT2D eigenvalue weighted by Crippen LogP contribution is 2.19.